The van der Waals surface area contributed by atoms with Gasteiger partial charge in [0.25, 0.3) is 0 Å². The fourth-order valence-electron chi connectivity index (χ4n) is 2.49. The molecule has 0 aliphatic rings. The lowest BCUT2D eigenvalue weighted by atomic mass is 10.2. The number of pyridine rings is 1. The molecule has 0 radical (unpaired) electrons. The van der Waals surface area contributed by atoms with Crippen molar-refractivity contribution in [1.82, 2.24) is 25.1 Å². The van der Waals surface area contributed by atoms with E-state index in [1.54, 1.807) is 26.6 Å². The Balaban J connectivity index is 1.87. The quantitative estimate of drug-likeness (QED) is 0.436. The van der Waals surface area contributed by atoms with Crippen molar-refractivity contribution in [3.8, 4) is 22.8 Å². The lowest BCUT2D eigenvalue weighted by Crippen LogP contribution is -2.28. The van der Waals surface area contributed by atoms with Crippen LogP contribution in [0.4, 0.5) is 0 Å². The molecule has 9 heteroatoms. The van der Waals surface area contributed by atoms with Gasteiger partial charge in [0.2, 0.25) is 5.91 Å². The molecule has 0 unspecified atom stereocenters. The van der Waals surface area contributed by atoms with E-state index in [-0.39, 0.29) is 11.7 Å². The van der Waals surface area contributed by atoms with Crippen LogP contribution in [0.2, 0.25) is 0 Å². The second-order valence-electron chi connectivity index (χ2n) is 5.71. The summed E-state index contributed by atoms with van der Waals surface area (Å²) in [6.07, 6.45) is 3.41. The summed E-state index contributed by atoms with van der Waals surface area (Å²) >= 11 is 1.32. The van der Waals surface area contributed by atoms with Gasteiger partial charge in [0, 0.05) is 37.3 Å². The zero-order chi connectivity index (χ0) is 19.8. The summed E-state index contributed by atoms with van der Waals surface area (Å²) < 4.78 is 12.1. The van der Waals surface area contributed by atoms with Gasteiger partial charge in [-0.25, -0.2) is 0 Å². The summed E-state index contributed by atoms with van der Waals surface area (Å²) in [5.41, 5.74) is 1.76. The van der Waals surface area contributed by atoms with Gasteiger partial charge in [-0.3, -0.25) is 14.3 Å². The highest BCUT2D eigenvalue weighted by Gasteiger charge is 2.17. The first-order chi connectivity index (χ1) is 13.7. The smallest absolute Gasteiger partial charge is 0.230 e. The van der Waals surface area contributed by atoms with Gasteiger partial charge in [-0.05, 0) is 36.4 Å². The molecule has 1 N–H and O–H groups in total. The molecule has 0 atom stereocenters. The molecular weight excluding hydrogens is 378 g/mol. The zero-order valence-electron chi connectivity index (χ0n) is 15.7. The van der Waals surface area contributed by atoms with E-state index in [0.29, 0.717) is 24.1 Å². The van der Waals surface area contributed by atoms with Crippen LogP contribution in [0.3, 0.4) is 0 Å². The molecule has 3 aromatic rings. The van der Waals surface area contributed by atoms with Gasteiger partial charge in [0.05, 0.1) is 19.5 Å². The van der Waals surface area contributed by atoms with E-state index < -0.39 is 0 Å². The molecule has 0 saturated carbocycles. The number of amides is 1. The minimum atomic E-state index is -0.0863. The van der Waals surface area contributed by atoms with E-state index in [0.717, 1.165) is 17.0 Å². The number of nitrogens with zero attached hydrogens (tertiary/aromatic N) is 4. The topological polar surface area (TPSA) is 91.2 Å². The second kappa shape index (κ2) is 9.86. The molecule has 1 amide bonds. The highest BCUT2D eigenvalue weighted by atomic mass is 32.2. The fraction of sp³-hybridized carbons (Fsp3) is 0.263. The number of ether oxygens (including phenoxy) is 2. The molecule has 0 aliphatic carbocycles. The molecule has 0 saturated heterocycles. The highest BCUT2D eigenvalue weighted by molar-refractivity contribution is 7.99. The average molecular weight is 399 g/mol. The minimum absolute atomic E-state index is 0.0863. The van der Waals surface area contributed by atoms with E-state index in [2.05, 4.69) is 20.5 Å². The third-order valence-electron chi connectivity index (χ3n) is 3.86. The Kier molecular flexibility index (Phi) is 6.99. The number of carbonyl (C=O) groups excluding carboxylic acids is 1. The van der Waals surface area contributed by atoms with E-state index in [1.807, 2.05) is 41.0 Å². The third kappa shape index (κ3) is 4.87. The summed E-state index contributed by atoms with van der Waals surface area (Å²) in [4.78, 5) is 16.1. The van der Waals surface area contributed by atoms with Gasteiger partial charge in [-0.15, -0.1) is 10.2 Å². The number of aromatic nitrogens is 4. The highest BCUT2D eigenvalue weighted by Crippen LogP contribution is 2.28. The lowest BCUT2D eigenvalue weighted by molar-refractivity contribution is -0.118. The van der Waals surface area contributed by atoms with Crippen LogP contribution in [0.5, 0.6) is 5.75 Å². The normalized spacial score (nSPS) is 10.6. The molecule has 0 bridgehead atoms. The molecule has 0 spiro atoms. The first kappa shape index (κ1) is 19.8. The van der Waals surface area contributed by atoms with Crippen molar-refractivity contribution in [3.05, 3.63) is 48.8 Å². The molecule has 8 nitrogen and oxygen atoms in total. The van der Waals surface area contributed by atoms with Crippen LogP contribution in [0, 0.1) is 0 Å². The van der Waals surface area contributed by atoms with Crippen molar-refractivity contribution in [3.63, 3.8) is 0 Å². The Labute approximate surface area is 167 Å². The van der Waals surface area contributed by atoms with Crippen molar-refractivity contribution in [1.29, 1.82) is 0 Å². The average Bonchev–Trinajstić information content (AvgIpc) is 3.17. The van der Waals surface area contributed by atoms with Gasteiger partial charge in [0.15, 0.2) is 11.0 Å². The van der Waals surface area contributed by atoms with Crippen molar-refractivity contribution >= 4 is 17.7 Å². The van der Waals surface area contributed by atoms with Crippen molar-refractivity contribution < 1.29 is 14.3 Å². The predicted molar refractivity (Wildman–Crippen MR) is 107 cm³/mol. The first-order valence-corrected chi connectivity index (χ1v) is 9.60. The van der Waals surface area contributed by atoms with E-state index >= 15 is 0 Å². The molecule has 3 rings (SSSR count). The van der Waals surface area contributed by atoms with Crippen LogP contribution in [-0.2, 0) is 9.53 Å². The van der Waals surface area contributed by atoms with Gasteiger partial charge in [-0.1, -0.05) is 11.8 Å². The molecule has 0 fully saturated rings. The molecule has 1 aromatic carbocycles. The molecule has 2 heterocycles. The molecule has 2 aromatic heterocycles. The van der Waals surface area contributed by atoms with E-state index in [9.17, 15) is 4.79 Å². The number of benzene rings is 1. The second-order valence-corrected chi connectivity index (χ2v) is 6.65. The summed E-state index contributed by atoms with van der Waals surface area (Å²) in [7, 11) is 3.22. The minimum Gasteiger partial charge on any atom is -0.497 e. The third-order valence-corrected chi connectivity index (χ3v) is 4.79. The molecule has 28 heavy (non-hydrogen) atoms. The SMILES string of the molecule is COCCNC(=O)CSc1nnc(-c2ccncc2)n1-c1ccc(OC)cc1. The van der Waals surface area contributed by atoms with E-state index in [4.69, 9.17) is 9.47 Å². The van der Waals surface area contributed by atoms with Crippen LogP contribution >= 0.6 is 11.8 Å². The Morgan fingerprint density at radius 2 is 1.86 bits per heavy atom. The van der Waals surface area contributed by atoms with Gasteiger partial charge in [-0.2, -0.15) is 0 Å². The standard InChI is InChI=1S/C19H21N5O3S/c1-26-12-11-21-17(25)13-28-19-23-22-18(14-7-9-20-10-8-14)24(19)15-3-5-16(27-2)6-4-15/h3-10H,11-13H2,1-2H3,(H,21,25). The first-order valence-electron chi connectivity index (χ1n) is 8.61. The fourth-order valence-corrected chi connectivity index (χ4v) is 3.27. The van der Waals surface area contributed by atoms with Crippen LogP contribution in [0.1, 0.15) is 0 Å². The maximum atomic E-state index is 12.0. The van der Waals surface area contributed by atoms with Crippen LogP contribution in [0.25, 0.3) is 17.1 Å². The molecule has 146 valence electrons. The number of rotatable bonds is 9. The molecule has 0 aliphatic heterocycles. The Hall–Kier alpha value is -2.91. The lowest BCUT2D eigenvalue weighted by Gasteiger charge is -2.11. The summed E-state index contributed by atoms with van der Waals surface area (Å²) in [5.74, 6) is 1.58. The van der Waals surface area contributed by atoms with Crippen molar-refractivity contribution in [2.45, 2.75) is 5.16 Å². The number of carbonyl (C=O) groups is 1. The largest absolute Gasteiger partial charge is 0.497 e. The van der Waals surface area contributed by atoms with Crippen molar-refractivity contribution in [2.24, 2.45) is 0 Å². The maximum Gasteiger partial charge on any atom is 0.230 e. The van der Waals surface area contributed by atoms with Gasteiger partial charge < -0.3 is 14.8 Å². The maximum absolute atomic E-state index is 12.0. The number of hydrogen-bond acceptors (Lipinski definition) is 7. The van der Waals surface area contributed by atoms with E-state index in [1.165, 1.54) is 11.8 Å². The molecular formula is C19H21N5O3S. The van der Waals surface area contributed by atoms with Gasteiger partial charge in [0.1, 0.15) is 5.75 Å². The Morgan fingerprint density at radius 1 is 1.11 bits per heavy atom. The number of methoxy groups -OCH3 is 2. The van der Waals surface area contributed by atoms with Crippen LogP contribution < -0.4 is 10.1 Å². The monoisotopic (exact) mass is 399 g/mol. The Morgan fingerprint density at radius 3 is 2.54 bits per heavy atom. The summed E-state index contributed by atoms with van der Waals surface area (Å²) in [6.45, 7) is 0.952. The van der Waals surface area contributed by atoms with Crippen LogP contribution in [-0.4, -0.2) is 58.8 Å². The summed E-state index contributed by atoms with van der Waals surface area (Å²) in [6, 6.07) is 11.3. The number of hydrogen-bond donors (Lipinski definition) is 1. The summed E-state index contributed by atoms with van der Waals surface area (Å²) in [5, 5.41) is 12.1. The predicted octanol–water partition coefficient (Wildman–Crippen LogP) is 2.19. The van der Waals surface area contributed by atoms with Crippen LogP contribution in [0.15, 0.2) is 53.9 Å². The number of nitrogens with one attached hydrogen (secondary N) is 1. The van der Waals surface area contributed by atoms with Crippen molar-refractivity contribution in [2.75, 3.05) is 33.1 Å². The van der Waals surface area contributed by atoms with Gasteiger partial charge >= 0.3 is 0 Å². The number of thioether (sulfide) groups is 1. The Bertz CT molecular complexity index is 900. The zero-order valence-corrected chi connectivity index (χ0v) is 16.5.